The molecular formula is C36H61O16+. The lowest BCUT2D eigenvalue weighted by molar-refractivity contribution is -0.370. The van der Waals surface area contributed by atoms with E-state index in [-0.39, 0.29) is 43.9 Å². The number of fused-ring (bicyclic) bond motifs is 2. The quantitative estimate of drug-likeness (QED) is 0.116. The summed E-state index contributed by atoms with van der Waals surface area (Å²) in [7, 11) is 0. The van der Waals surface area contributed by atoms with E-state index in [9.17, 15) is 61.3 Å². The minimum atomic E-state index is -1.66. The van der Waals surface area contributed by atoms with Crippen molar-refractivity contribution in [2.24, 2.45) is 35.5 Å². The highest BCUT2D eigenvalue weighted by Gasteiger charge is 2.64. The zero-order chi connectivity index (χ0) is 37.2. The molecule has 16 heteroatoms. The van der Waals surface area contributed by atoms with Crippen molar-refractivity contribution in [2.75, 3.05) is 6.61 Å². The molecule has 0 bridgehead atoms. The van der Waals surface area contributed by atoms with E-state index in [0.717, 1.165) is 0 Å². The average molecular weight is 750 g/mol. The standard InChI is InChI=1S/C36H60O16/c37-12-25-29(45)31(47)32(48)36(51-25)50-24-10-17-19(41)11-22(44)27(35(17)52-33(24)13-1-4-15(38)5-2-13)28-26-21(43)8-16(39)9-23(26)49-34(30(28)46)14-3-6-18(40)20(42)7-14/h13-48H,1-12H2/p+1. The zero-order valence-corrected chi connectivity index (χ0v) is 29.4. The van der Waals surface area contributed by atoms with Gasteiger partial charge in [0, 0.05) is 24.2 Å². The smallest absolute Gasteiger partial charge is 0.187 e. The normalized spacial score (nSPS) is 57.5. The molecule has 0 aromatic rings. The summed E-state index contributed by atoms with van der Waals surface area (Å²) in [5.41, 5.74) is 0. The molecule has 4 aliphatic carbocycles. The Morgan fingerprint density at radius 2 is 1.21 bits per heavy atom. The van der Waals surface area contributed by atoms with Crippen LogP contribution in [0.4, 0.5) is 0 Å². The fourth-order valence-corrected chi connectivity index (χ4v) is 11.3. The average Bonchev–Trinajstić information content (AvgIpc) is 3.10. The first-order chi connectivity index (χ1) is 24.8. The molecule has 7 aliphatic rings. The number of ether oxygens (including phenoxy) is 4. The molecule has 7 fully saturated rings. The third kappa shape index (κ3) is 7.46. The van der Waals surface area contributed by atoms with E-state index >= 15 is 0 Å². The van der Waals surface area contributed by atoms with Crippen LogP contribution in [0.3, 0.4) is 0 Å². The van der Waals surface area contributed by atoms with Crippen molar-refractivity contribution in [3.05, 3.63) is 0 Å². The van der Waals surface area contributed by atoms with E-state index in [1.807, 2.05) is 0 Å². The fraction of sp³-hybridized carbons (Fsp3) is 1.00. The Morgan fingerprint density at radius 3 is 1.90 bits per heavy atom. The van der Waals surface area contributed by atoms with Gasteiger partial charge in [-0.15, -0.1) is 0 Å². The Kier molecular flexibility index (Phi) is 12.2. The molecule has 0 radical (unpaired) electrons. The summed E-state index contributed by atoms with van der Waals surface area (Å²) < 4.78 is 23.9. The largest absolute Gasteiger partial charge is 0.426 e. The van der Waals surface area contributed by atoms with E-state index in [1.54, 1.807) is 0 Å². The van der Waals surface area contributed by atoms with Crippen molar-refractivity contribution in [2.45, 2.75) is 181 Å². The maximum atomic E-state index is 12.3. The van der Waals surface area contributed by atoms with Crippen LogP contribution in [0.2, 0.25) is 0 Å². The fourth-order valence-electron chi connectivity index (χ4n) is 11.3. The lowest BCUT2D eigenvalue weighted by Crippen LogP contribution is -2.69. The van der Waals surface area contributed by atoms with Crippen molar-refractivity contribution in [1.29, 1.82) is 0 Å². The molecule has 3 aliphatic heterocycles. The summed E-state index contributed by atoms with van der Waals surface area (Å²) in [5.74, 6) is -3.25. The first kappa shape index (κ1) is 39.6. The molecule has 300 valence electrons. The number of rotatable bonds is 6. The number of hydrogen-bond donors (Lipinski definition) is 12. The van der Waals surface area contributed by atoms with Gasteiger partial charge in [-0.3, -0.25) is 0 Å². The lowest BCUT2D eigenvalue weighted by Gasteiger charge is -2.58. The Balaban J connectivity index is 1.21. The molecule has 22 unspecified atom stereocenters. The monoisotopic (exact) mass is 749 g/mol. The van der Waals surface area contributed by atoms with Gasteiger partial charge in [0.1, 0.15) is 30.5 Å². The summed E-state index contributed by atoms with van der Waals surface area (Å²) >= 11 is 0. The summed E-state index contributed by atoms with van der Waals surface area (Å²) in [6, 6.07) is 0. The highest BCUT2D eigenvalue weighted by molar-refractivity contribution is 5.09. The molecule has 16 nitrogen and oxygen atoms in total. The van der Waals surface area contributed by atoms with E-state index in [0.29, 0.717) is 38.5 Å². The van der Waals surface area contributed by atoms with E-state index in [2.05, 4.69) is 0 Å². The van der Waals surface area contributed by atoms with Crippen molar-refractivity contribution >= 4 is 0 Å². The summed E-state index contributed by atoms with van der Waals surface area (Å²) in [5, 5.41) is 131. The molecule has 0 aromatic heterocycles. The van der Waals surface area contributed by atoms with Crippen LogP contribution >= 0.6 is 0 Å². The van der Waals surface area contributed by atoms with Crippen LogP contribution in [-0.2, 0) is 14.2 Å². The topological polar surface area (TPSA) is 283 Å². The molecule has 0 amide bonds. The predicted octanol–water partition coefficient (Wildman–Crippen LogP) is -3.85. The predicted molar refractivity (Wildman–Crippen MR) is 177 cm³/mol. The first-order valence-corrected chi connectivity index (χ1v) is 19.5. The van der Waals surface area contributed by atoms with Gasteiger partial charge in [-0.2, -0.15) is 0 Å². The van der Waals surface area contributed by atoms with Gasteiger partial charge in [-0.1, -0.05) is 0 Å². The maximum absolute atomic E-state index is 12.3. The second-order valence-electron chi connectivity index (χ2n) is 17.1. The first-order valence-electron chi connectivity index (χ1n) is 19.5. The van der Waals surface area contributed by atoms with Crippen molar-refractivity contribution in [3.63, 3.8) is 0 Å². The second kappa shape index (κ2) is 16.1. The maximum Gasteiger partial charge on any atom is 0.187 e. The summed E-state index contributed by atoms with van der Waals surface area (Å²) in [4.78, 5) is 0. The Morgan fingerprint density at radius 1 is 0.519 bits per heavy atom. The molecule has 22 atom stereocenters. The highest BCUT2D eigenvalue weighted by Crippen LogP contribution is 2.53. The third-order valence-corrected chi connectivity index (χ3v) is 14.0. The molecular weight excluding hydrogens is 688 g/mol. The molecule has 4 saturated carbocycles. The molecule has 3 saturated heterocycles. The number of hydrogen-bond acceptors (Lipinski definition) is 15. The van der Waals surface area contributed by atoms with Crippen LogP contribution in [0, 0.1) is 35.5 Å². The van der Waals surface area contributed by atoms with Gasteiger partial charge in [0.2, 0.25) is 0 Å². The second-order valence-corrected chi connectivity index (χ2v) is 17.1. The number of aliphatic hydroxyl groups excluding tert-OH is 12. The van der Waals surface area contributed by atoms with Crippen LogP contribution in [0.5, 0.6) is 0 Å². The minimum absolute atomic E-state index is 0.0480. The molecule has 7 rings (SSSR count). The minimum Gasteiger partial charge on any atom is -0.426 e. The SMILES string of the molecule is OCC1OC(OC2CC3C(O)CC(O)C(C4C(O)C(C5CCC(O)C(O)C5)OC5CC(O)CC(O)C54)C3[OH+]C2C2CCC(O)CC2)C(O)C(O)C1O. The summed E-state index contributed by atoms with van der Waals surface area (Å²) in [6.07, 6.45) is -15.1. The van der Waals surface area contributed by atoms with Gasteiger partial charge in [0.25, 0.3) is 0 Å². The van der Waals surface area contributed by atoms with Crippen molar-refractivity contribution < 1.29 is 80.2 Å². The zero-order valence-electron chi connectivity index (χ0n) is 29.4. The van der Waals surface area contributed by atoms with E-state index < -0.39 is 140 Å². The molecule has 52 heavy (non-hydrogen) atoms. The van der Waals surface area contributed by atoms with Crippen molar-refractivity contribution in [1.82, 2.24) is 0 Å². The van der Waals surface area contributed by atoms with Crippen LogP contribution in [0.25, 0.3) is 0 Å². The van der Waals surface area contributed by atoms with E-state index in [1.165, 1.54) is 0 Å². The summed E-state index contributed by atoms with van der Waals surface area (Å²) in [6.45, 7) is -0.632. The Labute approximate surface area is 302 Å². The lowest BCUT2D eigenvalue weighted by atomic mass is 9.57. The molecule has 0 spiro atoms. The van der Waals surface area contributed by atoms with Gasteiger partial charge in [0.05, 0.1) is 79.5 Å². The van der Waals surface area contributed by atoms with Gasteiger partial charge in [-0.05, 0) is 70.1 Å². The van der Waals surface area contributed by atoms with Crippen molar-refractivity contribution in [3.8, 4) is 0 Å². The van der Waals surface area contributed by atoms with Crippen LogP contribution in [0.1, 0.15) is 70.6 Å². The molecule has 0 aromatic carbocycles. The van der Waals surface area contributed by atoms with Gasteiger partial charge in [0.15, 0.2) is 18.5 Å². The molecule has 3 heterocycles. The Bertz CT molecular complexity index is 1170. The number of aliphatic hydroxyl groups is 14. The molecule has 13 N–H and O–H groups in total. The van der Waals surface area contributed by atoms with Gasteiger partial charge < -0.3 is 80.2 Å². The van der Waals surface area contributed by atoms with Gasteiger partial charge in [-0.25, -0.2) is 0 Å². The van der Waals surface area contributed by atoms with Crippen LogP contribution < -0.4 is 0 Å². The Hall–Kier alpha value is -0.640. The third-order valence-electron chi connectivity index (χ3n) is 14.0. The van der Waals surface area contributed by atoms with Crippen LogP contribution in [0.15, 0.2) is 0 Å². The van der Waals surface area contributed by atoms with Crippen LogP contribution in [-0.4, -0.2) is 183 Å². The van der Waals surface area contributed by atoms with E-state index in [4.69, 9.17) is 18.9 Å². The van der Waals surface area contributed by atoms with Gasteiger partial charge >= 0.3 is 0 Å². The highest BCUT2D eigenvalue weighted by atomic mass is 16.7.